The van der Waals surface area contributed by atoms with Crippen molar-refractivity contribution < 1.29 is 9.59 Å². The lowest BCUT2D eigenvalue weighted by atomic mass is 10.2. The molecule has 0 aliphatic rings. The Hall–Kier alpha value is -1.06. The maximum absolute atomic E-state index is 10.8. The Morgan fingerprint density at radius 1 is 1.36 bits per heavy atom. The molecule has 0 unspecified atom stereocenters. The molecular weight excluding hydrogens is 144 g/mol. The Morgan fingerprint density at radius 2 is 1.91 bits per heavy atom. The van der Waals surface area contributed by atoms with Crippen LogP contribution in [-0.2, 0) is 9.59 Å². The van der Waals surface area contributed by atoms with Crippen molar-refractivity contribution in [2.45, 2.75) is 32.7 Å². The van der Waals surface area contributed by atoms with Crippen LogP contribution < -0.4 is 11.1 Å². The number of nitrogens with two attached hydrogens (primary N) is 1. The van der Waals surface area contributed by atoms with E-state index in [1.807, 2.05) is 13.8 Å². The van der Waals surface area contributed by atoms with Crippen LogP contribution in [0, 0.1) is 0 Å². The van der Waals surface area contributed by atoms with E-state index in [1.54, 1.807) is 0 Å². The summed E-state index contributed by atoms with van der Waals surface area (Å²) in [4.78, 5) is 21.1. The molecule has 0 rings (SSSR count). The minimum atomic E-state index is -0.441. The molecule has 0 aromatic heterocycles. The van der Waals surface area contributed by atoms with E-state index >= 15 is 0 Å². The predicted molar refractivity (Wildman–Crippen MR) is 41.7 cm³/mol. The van der Waals surface area contributed by atoms with Crippen molar-refractivity contribution in [3.63, 3.8) is 0 Å². The molecule has 0 spiro atoms. The van der Waals surface area contributed by atoms with E-state index in [2.05, 4.69) is 5.32 Å². The molecular formula is C7H14N2O2. The van der Waals surface area contributed by atoms with Crippen LogP contribution in [0.1, 0.15) is 26.7 Å². The third-order valence-electron chi connectivity index (χ3n) is 1.05. The van der Waals surface area contributed by atoms with Gasteiger partial charge in [-0.15, -0.1) is 0 Å². The van der Waals surface area contributed by atoms with Crippen molar-refractivity contribution in [2.24, 2.45) is 5.73 Å². The summed E-state index contributed by atoms with van der Waals surface area (Å²) in [5, 5.41) is 2.65. The van der Waals surface area contributed by atoms with Crippen LogP contribution in [-0.4, -0.2) is 17.9 Å². The molecule has 4 heteroatoms. The Kier molecular flexibility index (Phi) is 4.26. The van der Waals surface area contributed by atoms with Crippen molar-refractivity contribution in [2.75, 3.05) is 0 Å². The zero-order valence-corrected chi connectivity index (χ0v) is 6.89. The fourth-order valence-electron chi connectivity index (χ4n) is 0.631. The number of carbonyl (C=O) groups is 2. The van der Waals surface area contributed by atoms with Gasteiger partial charge < -0.3 is 11.1 Å². The lowest BCUT2D eigenvalue weighted by molar-refractivity contribution is -0.125. The molecule has 64 valence electrons. The maximum atomic E-state index is 10.8. The zero-order valence-electron chi connectivity index (χ0n) is 6.89. The predicted octanol–water partition coefficient (Wildman–Crippen LogP) is -0.223. The van der Waals surface area contributed by atoms with Crippen molar-refractivity contribution in [3.05, 3.63) is 0 Å². The van der Waals surface area contributed by atoms with Gasteiger partial charge in [-0.3, -0.25) is 9.59 Å². The number of carbonyl (C=O) groups excluding carboxylic acids is 2. The molecule has 0 heterocycles. The summed E-state index contributed by atoms with van der Waals surface area (Å²) in [6, 6.07) is 0.121. The molecule has 3 N–H and O–H groups in total. The van der Waals surface area contributed by atoms with Gasteiger partial charge in [-0.25, -0.2) is 0 Å². The van der Waals surface area contributed by atoms with E-state index < -0.39 is 5.91 Å². The summed E-state index contributed by atoms with van der Waals surface area (Å²) in [7, 11) is 0. The third-order valence-corrected chi connectivity index (χ3v) is 1.05. The molecule has 11 heavy (non-hydrogen) atoms. The van der Waals surface area contributed by atoms with Crippen LogP contribution in [0.15, 0.2) is 0 Å². The average Bonchev–Trinajstić information content (AvgIpc) is 1.82. The highest BCUT2D eigenvalue weighted by Gasteiger charge is 2.04. The Bertz CT molecular complexity index is 155. The van der Waals surface area contributed by atoms with Crippen molar-refractivity contribution in [1.29, 1.82) is 0 Å². The fraction of sp³-hybridized carbons (Fsp3) is 0.714. The summed E-state index contributed by atoms with van der Waals surface area (Å²) in [5.74, 6) is -0.567. The largest absolute Gasteiger partial charge is 0.370 e. The SMILES string of the molecule is CC(C)NC(=O)CCC(N)=O. The molecule has 0 fully saturated rings. The van der Waals surface area contributed by atoms with E-state index in [9.17, 15) is 9.59 Å². The van der Waals surface area contributed by atoms with Gasteiger partial charge in [-0.2, -0.15) is 0 Å². The summed E-state index contributed by atoms with van der Waals surface area (Å²) >= 11 is 0. The maximum Gasteiger partial charge on any atom is 0.220 e. The van der Waals surface area contributed by atoms with E-state index in [0.717, 1.165) is 0 Å². The van der Waals surface area contributed by atoms with Crippen LogP contribution in [0.2, 0.25) is 0 Å². The highest BCUT2D eigenvalue weighted by molar-refractivity contribution is 5.82. The number of hydrogen-bond acceptors (Lipinski definition) is 2. The van der Waals surface area contributed by atoms with Gasteiger partial charge in [0.25, 0.3) is 0 Å². The standard InChI is InChI=1S/C7H14N2O2/c1-5(2)9-7(11)4-3-6(8)10/h5H,3-4H2,1-2H3,(H2,8,10)(H,9,11). The van der Waals surface area contributed by atoms with Crippen LogP contribution in [0.3, 0.4) is 0 Å². The average molecular weight is 158 g/mol. The molecule has 0 bridgehead atoms. The normalized spacial score (nSPS) is 9.73. The van der Waals surface area contributed by atoms with Gasteiger partial charge in [0.15, 0.2) is 0 Å². The summed E-state index contributed by atoms with van der Waals surface area (Å²) < 4.78 is 0. The van der Waals surface area contributed by atoms with Crippen LogP contribution in [0.4, 0.5) is 0 Å². The molecule has 2 amide bonds. The molecule has 0 saturated heterocycles. The topological polar surface area (TPSA) is 72.2 Å². The first-order valence-electron chi connectivity index (χ1n) is 3.60. The molecule has 4 nitrogen and oxygen atoms in total. The zero-order chi connectivity index (χ0) is 8.85. The highest BCUT2D eigenvalue weighted by atomic mass is 16.2. The Labute approximate surface area is 66.1 Å². The van der Waals surface area contributed by atoms with Crippen LogP contribution in [0.5, 0.6) is 0 Å². The molecule has 0 aromatic rings. The summed E-state index contributed by atoms with van der Waals surface area (Å²) in [5.41, 5.74) is 4.85. The second-order valence-corrected chi connectivity index (χ2v) is 2.69. The number of nitrogens with one attached hydrogen (secondary N) is 1. The first-order chi connectivity index (χ1) is 5.02. The second-order valence-electron chi connectivity index (χ2n) is 2.69. The molecule has 0 atom stereocenters. The number of primary amides is 1. The third kappa shape index (κ3) is 6.83. The monoisotopic (exact) mass is 158 g/mol. The smallest absolute Gasteiger partial charge is 0.220 e. The lowest BCUT2D eigenvalue weighted by Crippen LogP contribution is -2.30. The molecule has 0 aliphatic heterocycles. The van der Waals surface area contributed by atoms with Crippen LogP contribution >= 0.6 is 0 Å². The van der Waals surface area contributed by atoms with E-state index in [0.29, 0.717) is 0 Å². The lowest BCUT2D eigenvalue weighted by Gasteiger charge is -2.06. The van der Waals surface area contributed by atoms with Crippen LogP contribution in [0.25, 0.3) is 0 Å². The van der Waals surface area contributed by atoms with E-state index in [4.69, 9.17) is 5.73 Å². The number of rotatable bonds is 4. The van der Waals surface area contributed by atoms with Gasteiger partial charge in [0.1, 0.15) is 0 Å². The van der Waals surface area contributed by atoms with E-state index in [1.165, 1.54) is 0 Å². The van der Waals surface area contributed by atoms with Gasteiger partial charge in [-0.1, -0.05) is 0 Å². The summed E-state index contributed by atoms with van der Waals surface area (Å²) in [6.07, 6.45) is 0.312. The van der Waals surface area contributed by atoms with Crippen molar-refractivity contribution in [1.82, 2.24) is 5.32 Å². The minimum absolute atomic E-state index is 0.121. The van der Waals surface area contributed by atoms with Gasteiger partial charge >= 0.3 is 0 Å². The van der Waals surface area contributed by atoms with Crippen molar-refractivity contribution >= 4 is 11.8 Å². The Balaban J connectivity index is 3.45. The summed E-state index contributed by atoms with van der Waals surface area (Å²) in [6.45, 7) is 3.73. The quantitative estimate of drug-likeness (QED) is 0.593. The molecule has 0 saturated carbocycles. The second kappa shape index (κ2) is 4.71. The Morgan fingerprint density at radius 3 is 2.27 bits per heavy atom. The molecule has 0 radical (unpaired) electrons. The first-order valence-corrected chi connectivity index (χ1v) is 3.60. The van der Waals surface area contributed by atoms with Gasteiger partial charge in [0.05, 0.1) is 0 Å². The molecule has 0 aromatic carbocycles. The minimum Gasteiger partial charge on any atom is -0.370 e. The van der Waals surface area contributed by atoms with E-state index in [-0.39, 0.29) is 24.8 Å². The number of amides is 2. The molecule has 0 aliphatic carbocycles. The fourth-order valence-corrected chi connectivity index (χ4v) is 0.631. The van der Waals surface area contributed by atoms with Gasteiger partial charge in [0, 0.05) is 18.9 Å². The van der Waals surface area contributed by atoms with Gasteiger partial charge in [0.2, 0.25) is 11.8 Å². The van der Waals surface area contributed by atoms with Gasteiger partial charge in [-0.05, 0) is 13.8 Å². The number of hydrogen-bond donors (Lipinski definition) is 2. The highest BCUT2D eigenvalue weighted by Crippen LogP contribution is 1.88. The first kappa shape index (κ1) is 9.94. The van der Waals surface area contributed by atoms with Crippen molar-refractivity contribution in [3.8, 4) is 0 Å².